The zero-order chi connectivity index (χ0) is 8.10. The van der Waals surface area contributed by atoms with Gasteiger partial charge < -0.3 is 5.73 Å². The number of carbonyl (C=O) groups excluding carboxylic acids is 1. The van der Waals surface area contributed by atoms with E-state index >= 15 is 0 Å². The van der Waals surface area contributed by atoms with Crippen molar-refractivity contribution in [3.63, 3.8) is 0 Å². The van der Waals surface area contributed by atoms with Gasteiger partial charge in [-0.3, -0.25) is 4.79 Å². The zero-order valence-corrected chi connectivity index (χ0v) is 6.03. The molecule has 1 rings (SSSR count). The van der Waals surface area contributed by atoms with Crippen LogP contribution >= 0.6 is 0 Å². The lowest BCUT2D eigenvalue weighted by Gasteiger charge is -1.94. The molecule has 4 heteroatoms. The molecular weight excluding hydrogens is 142 g/mol. The van der Waals surface area contributed by atoms with E-state index in [2.05, 4.69) is 9.97 Å². The second-order valence-corrected chi connectivity index (χ2v) is 2.12. The Morgan fingerprint density at radius 1 is 1.64 bits per heavy atom. The van der Waals surface area contributed by atoms with Gasteiger partial charge in [-0.25, -0.2) is 9.97 Å². The molecule has 1 aromatic rings. The summed E-state index contributed by atoms with van der Waals surface area (Å²) >= 11 is 0. The fourth-order valence-corrected chi connectivity index (χ4v) is 0.697. The van der Waals surface area contributed by atoms with Crippen molar-refractivity contribution in [2.45, 2.75) is 6.42 Å². The van der Waals surface area contributed by atoms with Gasteiger partial charge in [0.25, 0.3) is 0 Å². The molecule has 0 amide bonds. The summed E-state index contributed by atoms with van der Waals surface area (Å²) in [4.78, 5) is 18.4. The Labute approximate surface area is 64.5 Å². The summed E-state index contributed by atoms with van der Waals surface area (Å²) in [6, 6.07) is 1.70. The van der Waals surface area contributed by atoms with Gasteiger partial charge in [0.15, 0.2) is 5.78 Å². The van der Waals surface area contributed by atoms with Gasteiger partial charge in [-0.2, -0.15) is 0 Å². The third-order valence-corrected chi connectivity index (χ3v) is 1.25. The summed E-state index contributed by atoms with van der Waals surface area (Å²) in [6.45, 7) is 0.0734. The van der Waals surface area contributed by atoms with Gasteiger partial charge in [-0.05, 0) is 6.07 Å². The van der Waals surface area contributed by atoms with Gasteiger partial charge >= 0.3 is 0 Å². The highest BCUT2D eigenvalue weighted by Crippen LogP contribution is 1.92. The summed E-state index contributed by atoms with van der Waals surface area (Å²) in [5.74, 6) is -0.0105. The summed E-state index contributed by atoms with van der Waals surface area (Å²) in [5.41, 5.74) is 5.84. The van der Waals surface area contributed by atoms with Crippen LogP contribution in [0.15, 0.2) is 18.6 Å². The lowest BCUT2D eigenvalue weighted by molar-refractivity contribution is -0.117. The second-order valence-electron chi connectivity index (χ2n) is 2.12. The van der Waals surface area contributed by atoms with E-state index in [0.717, 1.165) is 5.69 Å². The highest BCUT2D eigenvalue weighted by molar-refractivity contribution is 5.82. The largest absolute Gasteiger partial charge is 0.324 e. The molecule has 0 unspecified atom stereocenters. The van der Waals surface area contributed by atoms with Crippen LogP contribution in [-0.4, -0.2) is 22.3 Å². The number of carbonyl (C=O) groups is 1. The minimum Gasteiger partial charge on any atom is -0.324 e. The van der Waals surface area contributed by atoms with Crippen LogP contribution in [-0.2, 0) is 11.2 Å². The first-order chi connectivity index (χ1) is 5.33. The van der Waals surface area contributed by atoms with Gasteiger partial charge in [-0.1, -0.05) is 0 Å². The third kappa shape index (κ3) is 2.43. The molecule has 58 valence electrons. The molecule has 0 aromatic carbocycles. The first-order valence-corrected chi connectivity index (χ1v) is 3.29. The first-order valence-electron chi connectivity index (χ1n) is 3.29. The van der Waals surface area contributed by atoms with Crippen molar-refractivity contribution < 1.29 is 4.79 Å². The molecule has 0 aliphatic rings. The number of nitrogens with zero attached hydrogens (tertiary/aromatic N) is 2. The highest BCUT2D eigenvalue weighted by Gasteiger charge is 2.00. The summed E-state index contributed by atoms with van der Waals surface area (Å²) in [5, 5.41) is 0. The zero-order valence-electron chi connectivity index (χ0n) is 6.03. The van der Waals surface area contributed by atoms with Crippen LogP contribution in [0.4, 0.5) is 0 Å². The summed E-state index contributed by atoms with van der Waals surface area (Å²) in [6.07, 6.45) is 3.32. The fraction of sp³-hybridized carbons (Fsp3) is 0.286. The lowest BCUT2D eigenvalue weighted by Crippen LogP contribution is -2.16. The van der Waals surface area contributed by atoms with E-state index in [9.17, 15) is 4.79 Å². The normalized spacial score (nSPS) is 9.55. The Morgan fingerprint density at radius 2 is 2.45 bits per heavy atom. The molecule has 0 saturated carbocycles. The number of nitrogens with two attached hydrogens (primary N) is 1. The van der Waals surface area contributed by atoms with Crippen LogP contribution in [0.25, 0.3) is 0 Å². The maximum absolute atomic E-state index is 10.8. The van der Waals surface area contributed by atoms with Crippen molar-refractivity contribution in [2.75, 3.05) is 6.54 Å². The predicted molar refractivity (Wildman–Crippen MR) is 39.8 cm³/mol. The fourth-order valence-electron chi connectivity index (χ4n) is 0.697. The molecule has 2 N–H and O–H groups in total. The van der Waals surface area contributed by atoms with E-state index < -0.39 is 0 Å². The Morgan fingerprint density at radius 3 is 3.00 bits per heavy atom. The number of ketones is 1. The Bertz CT molecular complexity index is 235. The van der Waals surface area contributed by atoms with E-state index in [-0.39, 0.29) is 12.3 Å². The molecule has 0 aliphatic heterocycles. The Kier molecular flexibility index (Phi) is 2.68. The molecule has 11 heavy (non-hydrogen) atoms. The van der Waals surface area contributed by atoms with Crippen LogP contribution in [0.3, 0.4) is 0 Å². The van der Waals surface area contributed by atoms with E-state index in [0.29, 0.717) is 6.42 Å². The Balaban J connectivity index is 2.58. The van der Waals surface area contributed by atoms with Crippen molar-refractivity contribution in [3.05, 3.63) is 24.3 Å². The van der Waals surface area contributed by atoms with Gasteiger partial charge in [0.1, 0.15) is 6.33 Å². The van der Waals surface area contributed by atoms with Crippen LogP contribution in [0, 0.1) is 0 Å². The van der Waals surface area contributed by atoms with Crippen molar-refractivity contribution in [1.29, 1.82) is 0 Å². The van der Waals surface area contributed by atoms with E-state index in [1.165, 1.54) is 6.33 Å². The molecule has 0 aliphatic carbocycles. The van der Waals surface area contributed by atoms with E-state index in [1.807, 2.05) is 0 Å². The quantitative estimate of drug-likeness (QED) is 0.635. The van der Waals surface area contributed by atoms with Crippen LogP contribution in [0.5, 0.6) is 0 Å². The molecule has 0 fully saturated rings. The van der Waals surface area contributed by atoms with Crippen LogP contribution in [0.1, 0.15) is 5.69 Å². The first kappa shape index (κ1) is 7.81. The SMILES string of the molecule is NCC(=O)Cc1ccncn1. The Hall–Kier alpha value is -1.29. The average Bonchev–Trinajstić information content (AvgIpc) is 2.06. The molecule has 0 saturated heterocycles. The van der Waals surface area contributed by atoms with Crippen LogP contribution in [0.2, 0.25) is 0 Å². The molecular formula is C7H9N3O. The number of hydrogen-bond donors (Lipinski definition) is 1. The topological polar surface area (TPSA) is 68.9 Å². The number of hydrogen-bond acceptors (Lipinski definition) is 4. The standard InChI is InChI=1S/C7H9N3O/c8-4-7(11)3-6-1-2-9-5-10-6/h1-2,5H,3-4,8H2. The number of aromatic nitrogens is 2. The van der Waals surface area contributed by atoms with E-state index in [1.54, 1.807) is 12.3 Å². The summed E-state index contributed by atoms with van der Waals surface area (Å²) < 4.78 is 0. The van der Waals surface area contributed by atoms with Gasteiger partial charge in [0.2, 0.25) is 0 Å². The highest BCUT2D eigenvalue weighted by atomic mass is 16.1. The molecule has 0 radical (unpaired) electrons. The van der Waals surface area contributed by atoms with Crippen molar-refractivity contribution in [2.24, 2.45) is 5.73 Å². The van der Waals surface area contributed by atoms with Gasteiger partial charge in [-0.15, -0.1) is 0 Å². The molecule has 4 nitrogen and oxygen atoms in total. The van der Waals surface area contributed by atoms with Crippen molar-refractivity contribution in [3.8, 4) is 0 Å². The molecule has 0 bridgehead atoms. The number of rotatable bonds is 3. The van der Waals surface area contributed by atoms with E-state index in [4.69, 9.17) is 5.73 Å². The van der Waals surface area contributed by atoms with Crippen molar-refractivity contribution >= 4 is 5.78 Å². The minimum atomic E-state index is -0.0105. The number of Topliss-reactive ketones (excluding diaryl/α,β-unsaturated/α-hetero) is 1. The minimum absolute atomic E-state index is 0.0105. The monoisotopic (exact) mass is 151 g/mol. The molecule has 0 spiro atoms. The molecule has 0 atom stereocenters. The molecule has 1 aromatic heterocycles. The predicted octanol–water partition coefficient (Wildman–Crippen LogP) is -0.453. The second kappa shape index (κ2) is 3.78. The van der Waals surface area contributed by atoms with Gasteiger partial charge in [0, 0.05) is 6.20 Å². The lowest BCUT2D eigenvalue weighted by atomic mass is 10.2. The smallest absolute Gasteiger partial charge is 0.152 e. The van der Waals surface area contributed by atoms with Crippen molar-refractivity contribution in [1.82, 2.24) is 9.97 Å². The third-order valence-electron chi connectivity index (χ3n) is 1.25. The maximum Gasteiger partial charge on any atom is 0.152 e. The maximum atomic E-state index is 10.8. The average molecular weight is 151 g/mol. The summed E-state index contributed by atoms with van der Waals surface area (Å²) in [7, 11) is 0. The van der Waals surface area contributed by atoms with Crippen LogP contribution < -0.4 is 5.73 Å². The van der Waals surface area contributed by atoms with Gasteiger partial charge in [0.05, 0.1) is 18.7 Å². The molecule has 1 heterocycles.